The Hall–Kier alpha value is -5.30. The largest absolute Gasteiger partial charge is 0.469 e. The number of H-pyrrole nitrogens is 1. The number of hydrogen-bond acceptors (Lipinski definition) is 9. The van der Waals surface area contributed by atoms with Gasteiger partial charge in [0.1, 0.15) is 34.0 Å². The molecular formula is C42H38Cl2N6O6. The third kappa shape index (κ3) is 5.22. The first-order valence-corrected chi connectivity index (χ1v) is 19.7. The van der Waals surface area contributed by atoms with Crippen LogP contribution in [0.1, 0.15) is 80.3 Å². The van der Waals surface area contributed by atoms with E-state index in [2.05, 4.69) is 20.9 Å². The van der Waals surface area contributed by atoms with Gasteiger partial charge in [-0.3, -0.25) is 9.59 Å². The zero-order chi connectivity index (χ0) is 38.5. The van der Waals surface area contributed by atoms with Crippen molar-refractivity contribution >= 4 is 51.6 Å². The summed E-state index contributed by atoms with van der Waals surface area (Å²) in [5.74, 6) is 0.355. The summed E-state index contributed by atoms with van der Waals surface area (Å²) in [6, 6.07) is 19.6. The summed E-state index contributed by atoms with van der Waals surface area (Å²) in [5, 5.41) is 22.2. The Bertz CT molecular complexity index is 2570. The van der Waals surface area contributed by atoms with Gasteiger partial charge >= 0.3 is 0 Å². The maximum atomic E-state index is 14.4. The minimum atomic E-state index is -1.54. The van der Waals surface area contributed by atoms with Crippen LogP contribution in [0.15, 0.2) is 75.6 Å². The van der Waals surface area contributed by atoms with Crippen molar-refractivity contribution in [3.8, 4) is 28.7 Å². The number of benzene rings is 3. The van der Waals surface area contributed by atoms with Gasteiger partial charge in [0.2, 0.25) is 11.8 Å². The number of para-hydroxylation sites is 2. The number of rotatable bonds is 5. The highest BCUT2D eigenvalue weighted by Gasteiger charge is 2.61. The topological polar surface area (TPSA) is 168 Å². The van der Waals surface area contributed by atoms with E-state index in [1.807, 2.05) is 80.6 Å². The Labute approximate surface area is 331 Å². The summed E-state index contributed by atoms with van der Waals surface area (Å²) >= 11 is 13.7. The number of halogens is 2. The lowest BCUT2D eigenvalue weighted by molar-refractivity contribution is -0.145. The van der Waals surface area contributed by atoms with Crippen LogP contribution in [0.4, 0.5) is 5.69 Å². The number of oxazole rings is 2. The molecule has 1 spiro atoms. The van der Waals surface area contributed by atoms with Crippen molar-refractivity contribution in [2.24, 2.45) is 5.92 Å². The standard InChI is InChI=1S/C42H38Cl2N6O6/c1-20(2)30-37-49-31(38-50-35(44)32(55-38)29-22-10-4-6-12-25(22)45-34(29)43)33(56-37)42-23-11-5-7-13-26(23)47-40(42)54-28-15-14-21(18-24(28)42)19-27(36(51)48-30)46-39(52)41(53)16-8-3-9-17-41/h4-7,10-15,18,20,27,30,40,45,47,53H,3,8-9,16-17,19H2,1-2H3,(H,46,52)(H,48,51)/t27-,30-,40-,42?/m0/s1. The fraction of sp³-hybridized carbons (Fsp3) is 0.333. The Morgan fingerprint density at radius 2 is 1.75 bits per heavy atom. The SMILES string of the molecule is CC(C)[C@@H]1NC(=O)[C@@H](NC(=O)C2(O)CCCCC2)Cc2ccc3c(c2)C2(c4ccccc4N[C@H]2O3)c2oc1nc2-c1nc(Cl)c(-c2c(Cl)[nH]c3ccccc23)o1. The summed E-state index contributed by atoms with van der Waals surface area (Å²) in [7, 11) is 0. The van der Waals surface area contributed by atoms with Gasteiger partial charge in [0.15, 0.2) is 28.6 Å². The zero-order valence-corrected chi connectivity index (χ0v) is 32.1. The Morgan fingerprint density at radius 3 is 2.57 bits per heavy atom. The number of anilines is 1. The molecule has 1 unspecified atom stereocenters. The fourth-order valence-corrected chi connectivity index (χ4v) is 9.49. The highest BCUT2D eigenvalue weighted by atomic mass is 35.5. The molecule has 3 aromatic heterocycles. The van der Waals surface area contributed by atoms with Gasteiger partial charge in [0, 0.05) is 28.6 Å². The van der Waals surface area contributed by atoms with E-state index in [1.165, 1.54) is 0 Å². The van der Waals surface area contributed by atoms with Crippen molar-refractivity contribution < 1.29 is 28.3 Å². The predicted octanol–water partition coefficient (Wildman–Crippen LogP) is 7.81. The lowest BCUT2D eigenvalue weighted by atomic mass is 9.72. The molecule has 286 valence electrons. The van der Waals surface area contributed by atoms with Crippen molar-refractivity contribution in [3.63, 3.8) is 0 Å². The van der Waals surface area contributed by atoms with Gasteiger partial charge in [-0.1, -0.05) is 105 Å². The lowest BCUT2D eigenvalue weighted by Crippen LogP contribution is -2.56. The van der Waals surface area contributed by atoms with Gasteiger partial charge in [-0.15, -0.1) is 0 Å². The number of aliphatic hydroxyl groups is 1. The van der Waals surface area contributed by atoms with E-state index in [-0.39, 0.29) is 40.7 Å². The van der Waals surface area contributed by atoms with Gasteiger partial charge in [-0.05, 0) is 48.1 Å². The first-order chi connectivity index (χ1) is 27.0. The molecule has 14 heteroatoms. The average molecular weight is 794 g/mol. The van der Waals surface area contributed by atoms with E-state index < -0.39 is 41.1 Å². The van der Waals surface area contributed by atoms with Crippen molar-refractivity contribution in [1.29, 1.82) is 0 Å². The highest BCUT2D eigenvalue weighted by Crippen LogP contribution is 2.59. The summed E-state index contributed by atoms with van der Waals surface area (Å²) in [6.45, 7) is 3.90. The number of hydrogen-bond donors (Lipinski definition) is 5. The number of aromatic nitrogens is 3. The molecule has 5 N–H and O–H groups in total. The second-order valence-corrected chi connectivity index (χ2v) is 16.3. The molecule has 0 saturated heterocycles. The molecule has 1 saturated carbocycles. The van der Waals surface area contributed by atoms with E-state index in [0.29, 0.717) is 35.1 Å². The summed E-state index contributed by atoms with van der Waals surface area (Å²) in [6.07, 6.45) is 2.60. The molecule has 4 bridgehead atoms. The first kappa shape index (κ1) is 35.1. The van der Waals surface area contributed by atoms with E-state index in [0.717, 1.165) is 52.5 Å². The van der Waals surface area contributed by atoms with Gasteiger partial charge in [0.05, 0.1) is 5.56 Å². The average Bonchev–Trinajstić information content (AvgIpc) is 3.99. The van der Waals surface area contributed by atoms with Crippen LogP contribution in [-0.4, -0.2) is 49.7 Å². The molecule has 56 heavy (non-hydrogen) atoms. The maximum Gasteiger partial charge on any atom is 0.252 e. The minimum absolute atomic E-state index is 0.0799. The number of nitrogens with one attached hydrogen (secondary N) is 4. The molecule has 3 aromatic carbocycles. The van der Waals surface area contributed by atoms with Crippen molar-refractivity contribution in [1.82, 2.24) is 25.6 Å². The maximum absolute atomic E-state index is 14.4. The third-order valence-corrected chi connectivity index (χ3v) is 12.4. The number of nitrogens with zero attached hydrogens (tertiary/aromatic N) is 2. The Morgan fingerprint density at radius 1 is 0.964 bits per heavy atom. The van der Waals surface area contributed by atoms with Crippen LogP contribution in [-0.2, 0) is 21.4 Å². The van der Waals surface area contributed by atoms with Gasteiger partial charge in [0.25, 0.3) is 11.8 Å². The van der Waals surface area contributed by atoms with Crippen LogP contribution in [0.5, 0.6) is 5.75 Å². The molecule has 0 radical (unpaired) electrons. The Balaban J connectivity index is 1.18. The number of ether oxygens (including phenoxy) is 1. The van der Waals surface area contributed by atoms with Crippen molar-refractivity contribution in [2.75, 3.05) is 5.32 Å². The fourth-order valence-electron chi connectivity index (χ4n) is 8.99. The van der Waals surface area contributed by atoms with Gasteiger partial charge < -0.3 is 39.6 Å². The summed E-state index contributed by atoms with van der Waals surface area (Å²) < 4.78 is 20.2. The third-order valence-electron chi connectivity index (χ3n) is 11.8. The molecule has 4 atom stereocenters. The van der Waals surface area contributed by atoms with Crippen LogP contribution in [0.25, 0.3) is 33.8 Å². The van der Waals surface area contributed by atoms with Crippen LogP contribution >= 0.6 is 23.2 Å². The van der Waals surface area contributed by atoms with Crippen molar-refractivity contribution in [3.05, 3.63) is 105 Å². The number of carbonyl (C=O) groups excluding carboxylic acids is 2. The molecule has 2 amide bonds. The minimum Gasteiger partial charge on any atom is -0.469 e. The molecule has 4 aliphatic rings. The summed E-state index contributed by atoms with van der Waals surface area (Å²) in [4.78, 5) is 41.1. The number of carbonyl (C=O) groups is 2. The molecule has 6 aromatic rings. The number of aromatic amines is 1. The quantitative estimate of drug-likeness (QED) is 0.117. The smallest absolute Gasteiger partial charge is 0.252 e. The van der Waals surface area contributed by atoms with Crippen LogP contribution in [0, 0.1) is 5.92 Å². The Kier molecular flexibility index (Phi) is 8.08. The summed E-state index contributed by atoms with van der Waals surface area (Å²) in [5.41, 5.74) is 2.27. The molecule has 1 fully saturated rings. The molecular weight excluding hydrogens is 755 g/mol. The van der Waals surface area contributed by atoms with E-state index in [4.69, 9.17) is 46.7 Å². The normalized spacial score (nSPS) is 23.4. The van der Waals surface area contributed by atoms with E-state index in [9.17, 15) is 14.7 Å². The van der Waals surface area contributed by atoms with Crippen LogP contribution in [0.2, 0.25) is 10.3 Å². The monoisotopic (exact) mass is 792 g/mol. The second-order valence-electron chi connectivity index (χ2n) is 15.6. The zero-order valence-electron chi connectivity index (χ0n) is 30.5. The molecule has 3 aliphatic heterocycles. The van der Waals surface area contributed by atoms with E-state index in [1.54, 1.807) is 0 Å². The molecule has 12 nitrogen and oxygen atoms in total. The molecule has 1 aliphatic carbocycles. The van der Waals surface area contributed by atoms with Gasteiger partial charge in [-0.2, -0.15) is 4.98 Å². The number of amides is 2. The van der Waals surface area contributed by atoms with Crippen LogP contribution in [0.3, 0.4) is 0 Å². The molecule has 6 heterocycles. The highest BCUT2D eigenvalue weighted by molar-refractivity contribution is 6.37. The first-order valence-electron chi connectivity index (χ1n) is 19.0. The predicted molar refractivity (Wildman–Crippen MR) is 210 cm³/mol. The second kappa shape index (κ2) is 12.9. The van der Waals surface area contributed by atoms with E-state index >= 15 is 0 Å². The number of fused-ring (bicyclic) bond motifs is 5. The lowest BCUT2D eigenvalue weighted by Gasteiger charge is -2.33. The van der Waals surface area contributed by atoms with Crippen molar-refractivity contribution in [2.45, 2.75) is 81.7 Å². The van der Waals surface area contributed by atoms with Gasteiger partial charge in [-0.25, -0.2) is 4.98 Å². The van der Waals surface area contributed by atoms with Crippen LogP contribution < -0.4 is 20.7 Å². The molecule has 10 rings (SSSR count).